The second-order valence-electron chi connectivity index (χ2n) is 5.81. The number of hydrogen-bond acceptors (Lipinski definition) is 5. The lowest BCUT2D eigenvalue weighted by Crippen LogP contribution is -2.35. The third-order valence-electron chi connectivity index (χ3n) is 3.69. The van der Waals surface area contributed by atoms with Crippen LogP contribution in [0.25, 0.3) is 0 Å². The van der Waals surface area contributed by atoms with Crippen molar-refractivity contribution >= 4 is 29.3 Å². The minimum Gasteiger partial charge on any atom is -0.455 e. The van der Waals surface area contributed by atoms with Crippen molar-refractivity contribution in [2.24, 2.45) is 0 Å². The number of halogens is 2. The highest BCUT2D eigenvalue weighted by Crippen LogP contribution is 2.22. The molecule has 2 aromatic carbocycles. The first kappa shape index (κ1) is 21.4. The van der Waals surface area contributed by atoms with E-state index in [-0.39, 0.29) is 23.6 Å². The molecule has 146 valence electrons. The van der Waals surface area contributed by atoms with Gasteiger partial charge in [-0.05, 0) is 37.3 Å². The SMILES string of the molecule is Cc1ccc(N(CCC#N)C(=O)COC(=O)CSc2cc(F)ccc2F)cc1. The topological polar surface area (TPSA) is 70.4 Å². The van der Waals surface area contributed by atoms with Gasteiger partial charge in [-0.15, -0.1) is 11.8 Å². The van der Waals surface area contributed by atoms with Gasteiger partial charge in [-0.3, -0.25) is 9.59 Å². The van der Waals surface area contributed by atoms with Crippen LogP contribution in [0.5, 0.6) is 0 Å². The number of nitriles is 1. The number of amides is 1. The number of rotatable bonds is 8. The van der Waals surface area contributed by atoms with E-state index in [0.29, 0.717) is 5.69 Å². The third kappa shape index (κ3) is 6.35. The summed E-state index contributed by atoms with van der Waals surface area (Å²) in [4.78, 5) is 25.6. The predicted octanol–water partition coefficient (Wildman–Crippen LogP) is 3.86. The van der Waals surface area contributed by atoms with E-state index in [1.165, 1.54) is 4.90 Å². The van der Waals surface area contributed by atoms with Crippen LogP contribution in [0.2, 0.25) is 0 Å². The molecule has 8 heteroatoms. The summed E-state index contributed by atoms with van der Waals surface area (Å²) >= 11 is 0.784. The van der Waals surface area contributed by atoms with E-state index >= 15 is 0 Å². The number of thioether (sulfide) groups is 1. The standard InChI is InChI=1S/C20H18F2N2O3S/c1-14-3-6-16(7-4-14)24(10-2-9-23)19(25)12-27-20(26)13-28-18-11-15(21)5-8-17(18)22/h3-8,11H,2,10,12-13H2,1H3. The number of carbonyl (C=O) groups is 2. The average Bonchev–Trinajstić information content (AvgIpc) is 2.68. The molecular weight excluding hydrogens is 386 g/mol. The first-order valence-corrected chi connectivity index (χ1v) is 9.36. The van der Waals surface area contributed by atoms with E-state index in [9.17, 15) is 18.4 Å². The number of carbonyl (C=O) groups excluding carboxylic acids is 2. The Kier molecular flexibility index (Phi) is 7.96. The summed E-state index contributed by atoms with van der Waals surface area (Å²) in [5, 5.41) is 8.79. The lowest BCUT2D eigenvalue weighted by atomic mass is 10.2. The van der Waals surface area contributed by atoms with Crippen LogP contribution >= 0.6 is 11.8 Å². The van der Waals surface area contributed by atoms with Gasteiger partial charge in [0, 0.05) is 17.1 Å². The van der Waals surface area contributed by atoms with Crippen LogP contribution in [0.1, 0.15) is 12.0 Å². The molecule has 0 atom stereocenters. The highest BCUT2D eigenvalue weighted by Gasteiger charge is 2.18. The Bertz CT molecular complexity index is 882. The molecule has 0 fully saturated rings. The summed E-state index contributed by atoms with van der Waals surface area (Å²) in [6, 6.07) is 12.1. The minimum absolute atomic E-state index is 0.0152. The van der Waals surface area contributed by atoms with Crippen LogP contribution in [-0.2, 0) is 14.3 Å². The van der Waals surface area contributed by atoms with Crippen LogP contribution in [0.4, 0.5) is 14.5 Å². The van der Waals surface area contributed by atoms with Crippen molar-refractivity contribution in [1.29, 1.82) is 5.26 Å². The number of ether oxygens (including phenoxy) is 1. The first-order valence-electron chi connectivity index (χ1n) is 8.38. The molecule has 5 nitrogen and oxygen atoms in total. The van der Waals surface area contributed by atoms with Gasteiger partial charge in [0.05, 0.1) is 18.2 Å². The maximum absolute atomic E-state index is 13.5. The molecule has 0 bridgehead atoms. The van der Waals surface area contributed by atoms with Crippen molar-refractivity contribution in [3.05, 3.63) is 59.7 Å². The van der Waals surface area contributed by atoms with Crippen LogP contribution in [0, 0.1) is 29.9 Å². The second kappa shape index (κ2) is 10.4. The Morgan fingerprint density at radius 2 is 1.89 bits per heavy atom. The Morgan fingerprint density at radius 3 is 2.57 bits per heavy atom. The van der Waals surface area contributed by atoms with Gasteiger partial charge in [0.15, 0.2) is 6.61 Å². The maximum atomic E-state index is 13.5. The van der Waals surface area contributed by atoms with Crippen molar-refractivity contribution < 1.29 is 23.1 Å². The number of nitrogens with zero attached hydrogens (tertiary/aromatic N) is 2. The molecule has 0 heterocycles. The fourth-order valence-corrected chi connectivity index (χ4v) is 3.03. The lowest BCUT2D eigenvalue weighted by molar-refractivity contribution is -0.145. The number of esters is 1. The van der Waals surface area contributed by atoms with E-state index in [4.69, 9.17) is 10.00 Å². The number of hydrogen-bond donors (Lipinski definition) is 0. The molecule has 1 amide bonds. The molecule has 0 aromatic heterocycles. The summed E-state index contributed by atoms with van der Waals surface area (Å²) in [7, 11) is 0. The Balaban J connectivity index is 1.92. The monoisotopic (exact) mass is 404 g/mol. The zero-order valence-electron chi connectivity index (χ0n) is 15.2. The van der Waals surface area contributed by atoms with Gasteiger partial charge in [-0.2, -0.15) is 5.26 Å². The summed E-state index contributed by atoms with van der Waals surface area (Å²) in [5.74, 6) is -2.73. The van der Waals surface area contributed by atoms with E-state index in [1.807, 2.05) is 25.1 Å². The van der Waals surface area contributed by atoms with Crippen molar-refractivity contribution in [2.45, 2.75) is 18.2 Å². The van der Waals surface area contributed by atoms with Crippen LogP contribution in [0.15, 0.2) is 47.4 Å². The Labute approximate surface area is 165 Å². The zero-order chi connectivity index (χ0) is 20.5. The first-order chi connectivity index (χ1) is 13.4. The highest BCUT2D eigenvalue weighted by molar-refractivity contribution is 8.00. The molecule has 2 aromatic rings. The van der Waals surface area contributed by atoms with Gasteiger partial charge in [-0.25, -0.2) is 8.78 Å². The molecule has 0 spiro atoms. The molecule has 28 heavy (non-hydrogen) atoms. The maximum Gasteiger partial charge on any atom is 0.316 e. The van der Waals surface area contributed by atoms with E-state index < -0.39 is 30.1 Å². The Morgan fingerprint density at radius 1 is 1.18 bits per heavy atom. The predicted molar refractivity (Wildman–Crippen MR) is 102 cm³/mol. The number of anilines is 1. The van der Waals surface area contributed by atoms with E-state index in [2.05, 4.69) is 0 Å². The molecular formula is C20H18F2N2O3S. The Hall–Kier alpha value is -2.92. The molecule has 0 aliphatic carbocycles. The smallest absolute Gasteiger partial charge is 0.316 e. The molecule has 0 aliphatic heterocycles. The molecule has 2 rings (SSSR count). The fourth-order valence-electron chi connectivity index (χ4n) is 2.27. The summed E-state index contributed by atoms with van der Waals surface area (Å²) in [5.41, 5.74) is 1.61. The molecule has 0 saturated heterocycles. The highest BCUT2D eigenvalue weighted by atomic mass is 32.2. The molecule has 0 aliphatic rings. The molecule has 0 unspecified atom stereocenters. The third-order valence-corrected chi connectivity index (χ3v) is 4.69. The largest absolute Gasteiger partial charge is 0.455 e. The van der Waals surface area contributed by atoms with Crippen LogP contribution < -0.4 is 4.90 Å². The van der Waals surface area contributed by atoms with Crippen molar-refractivity contribution in [3.63, 3.8) is 0 Å². The quantitative estimate of drug-likeness (QED) is 0.494. The van der Waals surface area contributed by atoms with E-state index in [1.54, 1.807) is 12.1 Å². The van der Waals surface area contributed by atoms with Gasteiger partial charge in [0.1, 0.15) is 11.6 Å². The van der Waals surface area contributed by atoms with E-state index in [0.717, 1.165) is 35.5 Å². The summed E-state index contributed by atoms with van der Waals surface area (Å²) < 4.78 is 31.6. The average molecular weight is 404 g/mol. The zero-order valence-corrected chi connectivity index (χ0v) is 16.0. The van der Waals surface area contributed by atoms with Crippen LogP contribution in [0.3, 0.4) is 0 Å². The number of benzene rings is 2. The van der Waals surface area contributed by atoms with Gasteiger partial charge in [0.25, 0.3) is 5.91 Å². The van der Waals surface area contributed by atoms with Gasteiger partial charge in [-0.1, -0.05) is 17.7 Å². The van der Waals surface area contributed by atoms with Gasteiger partial charge >= 0.3 is 5.97 Å². The second-order valence-corrected chi connectivity index (χ2v) is 6.83. The van der Waals surface area contributed by atoms with Crippen molar-refractivity contribution in [2.75, 3.05) is 23.8 Å². The van der Waals surface area contributed by atoms with Gasteiger partial charge < -0.3 is 9.64 Å². The lowest BCUT2D eigenvalue weighted by Gasteiger charge is -2.21. The molecule has 0 saturated carbocycles. The normalized spacial score (nSPS) is 10.2. The van der Waals surface area contributed by atoms with Gasteiger partial charge in [0.2, 0.25) is 0 Å². The number of aryl methyl sites for hydroxylation is 1. The summed E-state index contributed by atoms with van der Waals surface area (Å²) in [6.45, 7) is 1.57. The van der Waals surface area contributed by atoms with Crippen LogP contribution in [-0.4, -0.2) is 30.8 Å². The minimum atomic E-state index is -0.730. The van der Waals surface area contributed by atoms with Crippen molar-refractivity contribution in [3.8, 4) is 6.07 Å². The summed E-state index contributed by atoms with van der Waals surface area (Å²) in [6.07, 6.45) is 0.127. The van der Waals surface area contributed by atoms with Crippen molar-refractivity contribution in [1.82, 2.24) is 0 Å². The fraction of sp³-hybridized carbons (Fsp3) is 0.250. The molecule has 0 N–H and O–H groups in total. The molecule has 0 radical (unpaired) electrons.